The molecule has 5 nitrogen and oxygen atoms in total. The van der Waals surface area contributed by atoms with E-state index in [1.165, 1.54) is 0 Å². The minimum absolute atomic E-state index is 0.267. The Morgan fingerprint density at radius 2 is 2.00 bits per heavy atom. The molecule has 0 aliphatic carbocycles. The molecule has 0 spiro atoms. The average Bonchev–Trinajstić information content (AvgIpc) is 2.19. The van der Waals surface area contributed by atoms with Gasteiger partial charge in [0, 0.05) is 6.61 Å². The Hall–Kier alpha value is -0.270. The predicted octanol–water partition coefficient (Wildman–Crippen LogP) is -1.20. The molecule has 3 N–H and O–H groups in total. The van der Waals surface area contributed by atoms with Crippen molar-refractivity contribution < 1.29 is 29.2 Å². The number of hydrogen-bond acceptors (Lipinski definition) is 5. The minimum Gasteiger partial charge on any atom is -0.394 e. The summed E-state index contributed by atoms with van der Waals surface area (Å²) in [5.41, 5.74) is 0. The fourth-order valence-corrected chi connectivity index (χ4v) is 1.34. The standard InChI is InChI=1S/C8H15FO5/c1-2-13-8-7(12)6(11)5(9)4(3-10)14-8/h4-8,10-12H,2-3H2,1H3/t4-,5-,6+,7+,8?/m1/s1/i9-1. The van der Waals surface area contributed by atoms with Crippen LogP contribution in [0.1, 0.15) is 6.92 Å². The summed E-state index contributed by atoms with van der Waals surface area (Å²) >= 11 is 0. The van der Waals surface area contributed by atoms with Gasteiger partial charge in [-0.2, -0.15) is 0 Å². The lowest BCUT2D eigenvalue weighted by atomic mass is 10.0. The van der Waals surface area contributed by atoms with Gasteiger partial charge in [0.1, 0.15) is 18.3 Å². The highest BCUT2D eigenvalue weighted by atomic mass is 18.2. The fraction of sp³-hybridized carbons (Fsp3) is 1.00. The molecule has 0 aromatic rings. The Morgan fingerprint density at radius 3 is 2.50 bits per heavy atom. The molecule has 0 bridgehead atoms. The first-order valence-corrected chi connectivity index (χ1v) is 4.50. The van der Waals surface area contributed by atoms with Crippen LogP contribution in [0.15, 0.2) is 0 Å². The molecule has 0 amide bonds. The van der Waals surface area contributed by atoms with Gasteiger partial charge in [0.25, 0.3) is 0 Å². The smallest absolute Gasteiger partial charge is 0.186 e. The molecule has 84 valence electrons. The molecule has 1 rings (SSSR count). The minimum atomic E-state index is -1.80. The van der Waals surface area contributed by atoms with Crippen LogP contribution >= 0.6 is 0 Å². The van der Waals surface area contributed by atoms with E-state index in [-0.39, 0.29) is 6.61 Å². The summed E-state index contributed by atoms with van der Waals surface area (Å²) in [6, 6.07) is 0. The Kier molecular flexibility index (Phi) is 4.21. The van der Waals surface area contributed by atoms with E-state index in [2.05, 4.69) is 0 Å². The Bertz CT molecular complexity index is 175. The highest BCUT2D eigenvalue weighted by Gasteiger charge is 2.44. The first-order valence-electron chi connectivity index (χ1n) is 4.50. The van der Waals surface area contributed by atoms with Crippen LogP contribution in [-0.2, 0) is 9.47 Å². The van der Waals surface area contributed by atoms with Gasteiger partial charge in [0.15, 0.2) is 12.5 Å². The number of ether oxygens (including phenoxy) is 2. The number of aliphatic hydroxyl groups excluding tert-OH is 3. The van der Waals surface area contributed by atoms with Crippen molar-refractivity contribution in [3.8, 4) is 0 Å². The third-order valence-electron chi connectivity index (χ3n) is 2.13. The van der Waals surface area contributed by atoms with Gasteiger partial charge in [0.2, 0.25) is 0 Å². The van der Waals surface area contributed by atoms with Gasteiger partial charge < -0.3 is 24.8 Å². The van der Waals surface area contributed by atoms with Crippen molar-refractivity contribution in [2.75, 3.05) is 13.2 Å². The zero-order valence-electron chi connectivity index (χ0n) is 7.84. The van der Waals surface area contributed by atoms with Crippen LogP contribution in [0.2, 0.25) is 0 Å². The first kappa shape index (κ1) is 11.8. The summed E-state index contributed by atoms with van der Waals surface area (Å²) in [7, 11) is 0. The third kappa shape index (κ3) is 2.21. The molecule has 0 aromatic carbocycles. The van der Waals surface area contributed by atoms with Gasteiger partial charge in [-0.1, -0.05) is 0 Å². The van der Waals surface area contributed by atoms with E-state index < -0.39 is 37.4 Å². The molecule has 6 heteroatoms. The van der Waals surface area contributed by atoms with E-state index in [1.54, 1.807) is 6.92 Å². The SMILES string of the molecule is CCOC1O[C@H](CO)[C@@H]([18F])[C@H](O)[C@@H]1O. The lowest BCUT2D eigenvalue weighted by Gasteiger charge is -2.38. The second-order valence-corrected chi connectivity index (χ2v) is 3.11. The molecule has 1 heterocycles. The topological polar surface area (TPSA) is 79.2 Å². The van der Waals surface area contributed by atoms with Crippen molar-refractivity contribution >= 4 is 0 Å². The largest absolute Gasteiger partial charge is 0.394 e. The van der Waals surface area contributed by atoms with Gasteiger partial charge in [-0.3, -0.25) is 0 Å². The van der Waals surface area contributed by atoms with E-state index in [4.69, 9.17) is 14.6 Å². The maximum atomic E-state index is 13.2. The van der Waals surface area contributed by atoms with E-state index in [0.717, 1.165) is 0 Å². The second-order valence-electron chi connectivity index (χ2n) is 3.11. The molecule has 14 heavy (non-hydrogen) atoms. The highest BCUT2D eigenvalue weighted by molar-refractivity contribution is 4.89. The van der Waals surface area contributed by atoms with Gasteiger partial charge in [-0.15, -0.1) is 0 Å². The summed E-state index contributed by atoms with van der Waals surface area (Å²) in [5.74, 6) is 0. The van der Waals surface area contributed by atoms with Gasteiger partial charge in [-0.05, 0) is 6.92 Å². The van der Waals surface area contributed by atoms with Crippen molar-refractivity contribution in [2.45, 2.75) is 37.7 Å². The number of aliphatic hydroxyl groups is 3. The molecule has 5 atom stereocenters. The van der Waals surface area contributed by atoms with Crippen molar-refractivity contribution in [2.24, 2.45) is 0 Å². The molecule has 1 fully saturated rings. The molecule has 0 aromatic heterocycles. The van der Waals surface area contributed by atoms with Crippen molar-refractivity contribution in [3.05, 3.63) is 0 Å². The van der Waals surface area contributed by atoms with Crippen molar-refractivity contribution in [3.63, 3.8) is 0 Å². The summed E-state index contributed by atoms with van der Waals surface area (Å²) in [6.45, 7) is 1.38. The molecule has 0 radical (unpaired) electrons. The normalized spacial score (nSPS) is 43.9. The second kappa shape index (κ2) is 4.99. The van der Waals surface area contributed by atoms with E-state index in [1.807, 2.05) is 0 Å². The zero-order chi connectivity index (χ0) is 10.7. The molecule has 1 aliphatic rings. The number of halogens is 1. The summed E-state index contributed by atoms with van der Waals surface area (Å²) in [4.78, 5) is 0. The number of alkyl halides is 1. The Labute approximate surface area is 81.1 Å². The van der Waals surface area contributed by atoms with Crippen LogP contribution in [0.5, 0.6) is 0 Å². The Balaban J connectivity index is 2.63. The quantitative estimate of drug-likeness (QED) is 0.544. The molecule has 1 saturated heterocycles. The molecule has 1 unspecified atom stereocenters. The summed E-state index contributed by atoms with van der Waals surface area (Å²) < 4.78 is 23.0. The number of rotatable bonds is 3. The predicted molar refractivity (Wildman–Crippen MR) is 44.3 cm³/mol. The summed E-state index contributed by atoms with van der Waals surface area (Å²) in [5, 5.41) is 27.3. The van der Waals surface area contributed by atoms with E-state index in [0.29, 0.717) is 0 Å². The fourth-order valence-electron chi connectivity index (χ4n) is 1.34. The lowest BCUT2D eigenvalue weighted by Crippen LogP contribution is -2.57. The van der Waals surface area contributed by atoms with Crippen LogP contribution < -0.4 is 0 Å². The lowest BCUT2D eigenvalue weighted by molar-refractivity contribution is -0.289. The van der Waals surface area contributed by atoms with Crippen LogP contribution in [0.25, 0.3) is 0 Å². The average molecular weight is 209 g/mol. The zero-order valence-corrected chi connectivity index (χ0v) is 7.84. The number of hydrogen-bond donors (Lipinski definition) is 3. The Morgan fingerprint density at radius 1 is 1.36 bits per heavy atom. The van der Waals surface area contributed by atoms with Gasteiger partial charge in [-0.25, -0.2) is 4.39 Å². The van der Waals surface area contributed by atoms with Crippen LogP contribution in [0.4, 0.5) is 4.39 Å². The van der Waals surface area contributed by atoms with E-state index in [9.17, 15) is 14.6 Å². The molecule has 1 aliphatic heterocycles. The van der Waals surface area contributed by atoms with Gasteiger partial charge >= 0.3 is 0 Å². The molecular weight excluding hydrogens is 194 g/mol. The molecular formula is C8H15FO5. The van der Waals surface area contributed by atoms with Crippen molar-refractivity contribution in [1.29, 1.82) is 0 Å². The first-order chi connectivity index (χ1) is 6.61. The maximum absolute atomic E-state index is 13.2. The van der Waals surface area contributed by atoms with Crippen molar-refractivity contribution in [1.82, 2.24) is 0 Å². The van der Waals surface area contributed by atoms with Crippen LogP contribution in [-0.4, -0.2) is 59.3 Å². The maximum Gasteiger partial charge on any atom is 0.186 e. The van der Waals surface area contributed by atoms with Crippen LogP contribution in [0, 0.1) is 0 Å². The van der Waals surface area contributed by atoms with Gasteiger partial charge in [0.05, 0.1) is 6.61 Å². The monoisotopic (exact) mass is 209 g/mol. The third-order valence-corrected chi connectivity index (χ3v) is 2.13. The van der Waals surface area contributed by atoms with E-state index >= 15 is 0 Å². The summed E-state index contributed by atoms with van der Waals surface area (Å²) in [6.07, 6.45) is -7.04. The molecule has 0 saturated carbocycles. The highest BCUT2D eigenvalue weighted by Crippen LogP contribution is 2.23. The van der Waals surface area contributed by atoms with Crippen LogP contribution in [0.3, 0.4) is 0 Å².